The molecular weight excluding hydrogens is 238 g/mol. The molecule has 1 aromatic carbocycles. The second kappa shape index (κ2) is 5.87. The van der Waals surface area contributed by atoms with E-state index in [-0.39, 0.29) is 5.91 Å². The molecule has 0 unspecified atom stereocenters. The molecule has 102 valence electrons. The molecule has 1 heterocycles. The molecule has 4 nitrogen and oxygen atoms in total. The molecule has 0 aliphatic carbocycles. The first-order valence-corrected chi connectivity index (χ1v) is 6.87. The highest BCUT2D eigenvalue weighted by Crippen LogP contribution is 2.20. The Morgan fingerprint density at radius 2 is 2.11 bits per heavy atom. The molecule has 19 heavy (non-hydrogen) atoms. The molecule has 2 rings (SSSR count). The summed E-state index contributed by atoms with van der Waals surface area (Å²) in [6.07, 6.45) is 1.53. The molecule has 0 bridgehead atoms. The van der Waals surface area contributed by atoms with Gasteiger partial charge in [0.25, 0.3) is 0 Å². The summed E-state index contributed by atoms with van der Waals surface area (Å²) >= 11 is 0. The Kier molecular flexibility index (Phi) is 4.20. The van der Waals surface area contributed by atoms with Gasteiger partial charge in [-0.05, 0) is 24.5 Å². The minimum atomic E-state index is 0.0302. The van der Waals surface area contributed by atoms with Crippen LogP contribution in [0.1, 0.15) is 33.6 Å². The van der Waals surface area contributed by atoms with E-state index in [1.165, 1.54) is 0 Å². The van der Waals surface area contributed by atoms with E-state index in [4.69, 9.17) is 0 Å². The van der Waals surface area contributed by atoms with E-state index >= 15 is 0 Å². The van der Waals surface area contributed by atoms with Gasteiger partial charge in [0.05, 0.1) is 11.0 Å². The van der Waals surface area contributed by atoms with Crippen molar-refractivity contribution in [2.45, 2.75) is 40.2 Å². The van der Waals surface area contributed by atoms with E-state index in [0.29, 0.717) is 18.3 Å². The van der Waals surface area contributed by atoms with Crippen LogP contribution in [-0.2, 0) is 11.3 Å². The second-order valence-electron chi connectivity index (χ2n) is 5.22. The molecule has 1 aromatic heterocycles. The fourth-order valence-electron chi connectivity index (χ4n) is 2.17. The van der Waals surface area contributed by atoms with E-state index in [0.717, 1.165) is 24.0 Å². The fourth-order valence-corrected chi connectivity index (χ4v) is 2.17. The topological polar surface area (TPSA) is 46.9 Å². The maximum Gasteiger partial charge on any atom is 0.226 e. The Bertz CT molecular complexity index is 572. The zero-order valence-corrected chi connectivity index (χ0v) is 11.8. The molecule has 0 spiro atoms. The van der Waals surface area contributed by atoms with Crippen LogP contribution in [0.3, 0.4) is 0 Å². The Labute approximate surface area is 113 Å². The summed E-state index contributed by atoms with van der Waals surface area (Å²) < 4.78 is 2.08. The third-order valence-corrected chi connectivity index (χ3v) is 2.95. The smallest absolute Gasteiger partial charge is 0.226 e. The first-order chi connectivity index (χ1) is 9.11. The number of nitrogens with one attached hydrogen (secondary N) is 1. The van der Waals surface area contributed by atoms with Crippen LogP contribution in [0.2, 0.25) is 0 Å². The molecule has 4 heteroatoms. The maximum absolute atomic E-state index is 11.9. The van der Waals surface area contributed by atoms with Crippen molar-refractivity contribution in [3.05, 3.63) is 24.3 Å². The lowest BCUT2D eigenvalue weighted by Crippen LogP contribution is -2.17. The molecule has 2 aromatic rings. The third kappa shape index (κ3) is 3.13. The quantitative estimate of drug-likeness (QED) is 0.894. The lowest BCUT2D eigenvalue weighted by atomic mass is 10.1. The number of aryl methyl sites for hydroxylation is 1. The number of aromatic nitrogens is 2. The van der Waals surface area contributed by atoms with Gasteiger partial charge in [0.1, 0.15) is 0 Å². The number of hydrogen-bond acceptors (Lipinski definition) is 2. The van der Waals surface area contributed by atoms with Crippen molar-refractivity contribution in [1.82, 2.24) is 9.55 Å². The molecule has 0 aliphatic rings. The molecule has 0 saturated carbocycles. The molecule has 0 radical (unpaired) electrons. The second-order valence-corrected chi connectivity index (χ2v) is 5.22. The number of fused-ring (bicyclic) bond motifs is 1. The van der Waals surface area contributed by atoms with Gasteiger partial charge in [-0.3, -0.25) is 10.1 Å². The lowest BCUT2D eigenvalue weighted by molar-refractivity contribution is -0.116. The van der Waals surface area contributed by atoms with Crippen LogP contribution in [0.5, 0.6) is 0 Å². The Balaban J connectivity index is 2.31. The van der Waals surface area contributed by atoms with Crippen molar-refractivity contribution >= 4 is 22.9 Å². The zero-order chi connectivity index (χ0) is 13.8. The summed E-state index contributed by atoms with van der Waals surface area (Å²) in [6.45, 7) is 7.05. The van der Waals surface area contributed by atoms with E-state index in [1.807, 2.05) is 38.1 Å². The zero-order valence-electron chi connectivity index (χ0n) is 11.8. The first kappa shape index (κ1) is 13.6. The van der Waals surface area contributed by atoms with Crippen molar-refractivity contribution < 1.29 is 4.79 Å². The van der Waals surface area contributed by atoms with Crippen LogP contribution >= 0.6 is 0 Å². The maximum atomic E-state index is 11.9. The number of rotatable bonds is 5. The lowest BCUT2D eigenvalue weighted by Gasteiger charge is -2.09. The standard InChI is InChI=1S/C15H21N3O/c1-4-9-18-13-8-6-5-7-12(13)16-15(18)17-14(19)10-11(2)3/h5-8,11H,4,9-10H2,1-3H3,(H,16,17,19). The van der Waals surface area contributed by atoms with Gasteiger partial charge in [-0.25, -0.2) is 4.98 Å². The third-order valence-electron chi connectivity index (χ3n) is 2.95. The van der Waals surface area contributed by atoms with Gasteiger partial charge in [-0.2, -0.15) is 0 Å². The summed E-state index contributed by atoms with van der Waals surface area (Å²) in [5, 5.41) is 2.93. The number of para-hydroxylation sites is 2. The van der Waals surface area contributed by atoms with Gasteiger partial charge < -0.3 is 4.57 Å². The Morgan fingerprint density at radius 3 is 2.79 bits per heavy atom. The number of hydrogen-bond donors (Lipinski definition) is 1. The monoisotopic (exact) mass is 259 g/mol. The highest BCUT2D eigenvalue weighted by atomic mass is 16.1. The predicted octanol–water partition coefficient (Wildman–Crippen LogP) is 3.43. The van der Waals surface area contributed by atoms with E-state index in [1.54, 1.807) is 0 Å². The van der Waals surface area contributed by atoms with Crippen molar-refractivity contribution in [3.8, 4) is 0 Å². The number of benzene rings is 1. The van der Waals surface area contributed by atoms with Crippen LogP contribution in [0.25, 0.3) is 11.0 Å². The number of anilines is 1. The van der Waals surface area contributed by atoms with Crippen LogP contribution in [0.4, 0.5) is 5.95 Å². The van der Waals surface area contributed by atoms with Gasteiger partial charge >= 0.3 is 0 Å². The highest BCUT2D eigenvalue weighted by Gasteiger charge is 2.13. The van der Waals surface area contributed by atoms with Crippen molar-refractivity contribution in [2.24, 2.45) is 5.92 Å². The summed E-state index contributed by atoms with van der Waals surface area (Å²) in [7, 11) is 0. The van der Waals surface area contributed by atoms with Crippen LogP contribution < -0.4 is 5.32 Å². The van der Waals surface area contributed by atoms with Crippen molar-refractivity contribution in [3.63, 3.8) is 0 Å². The molecule has 0 saturated heterocycles. The SMILES string of the molecule is CCCn1c(NC(=O)CC(C)C)nc2ccccc21. The van der Waals surface area contributed by atoms with Crippen LogP contribution in [0.15, 0.2) is 24.3 Å². The van der Waals surface area contributed by atoms with Crippen molar-refractivity contribution in [2.75, 3.05) is 5.32 Å². The minimum absolute atomic E-state index is 0.0302. The minimum Gasteiger partial charge on any atom is -0.310 e. The van der Waals surface area contributed by atoms with Crippen molar-refractivity contribution in [1.29, 1.82) is 0 Å². The average Bonchev–Trinajstić information content (AvgIpc) is 2.67. The van der Waals surface area contributed by atoms with Gasteiger partial charge in [0.2, 0.25) is 11.9 Å². The summed E-state index contributed by atoms with van der Waals surface area (Å²) in [5.74, 6) is 1.04. The summed E-state index contributed by atoms with van der Waals surface area (Å²) in [4.78, 5) is 16.4. The van der Waals surface area contributed by atoms with Gasteiger partial charge in [-0.1, -0.05) is 32.9 Å². The molecule has 1 amide bonds. The number of carbonyl (C=O) groups is 1. The van der Waals surface area contributed by atoms with E-state index < -0.39 is 0 Å². The molecule has 0 atom stereocenters. The van der Waals surface area contributed by atoms with Crippen LogP contribution in [-0.4, -0.2) is 15.5 Å². The largest absolute Gasteiger partial charge is 0.310 e. The van der Waals surface area contributed by atoms with E-state index in [9.17, 15) is 4.79 Å². The number of nitrogens with zero attached hydrogens (tertiary/aromatic N) is 2. The average molecular weight is 259 g/mol. The fraction of sp³-hybridized carbons (Fsp3) is 0.467. The van der Waals surface area contributed by atoms with Gasteiger partial charge in [-0.15, -0.1) is 0 Å². The summed E-state index contributed by atoms with van der Waals surface area (Å²) in [5.41, 5.74) is 2.00. The molecule has 1 N–H and O–H groups in total. The molecule has 0 aliphatic heterocycles. The summed E-state index contributed by atoms with van der Waals surface area (Å²) in [6, 6.07) is 7.97. The van der Waals surface area contributed by atoms with Gasteiger partial charge in [0, 0.05) is 13.0 Å². The molecule has 0 fully saturated rings. The number of amides is 1. The number of carbonyl (C=O) groups excluding carboxylic acids is 1. The highest BCUT2D eigenvalue weighted by molar-refractivity contribution is 5.91. The normalized spacial score (nSPS) is 11.2. The van der Waals surface area contributed by atoms with Crippen LogP contribution in [0, 0.1) is 5.92 Å². The number of imidazole rings is 1. The first-order valence-electron chi connectivity index (χ1n) is 6.87. The predicted molar refractivity (Wildman–Crippen MR) is 78.1 cm³/mol. The van der Waals surface area contributed by atoms with Gasteiger partial charge in [0.15, 0.2) is 0 Å². The van der Waals surface area contributed by atoms with E-state index in [2.05, 4.69) is 21.8 Å². The molecular formula is C15H21N3O. The Morgan fingerprint density at radius 1 is 1.37 bits per heavy atom. The Hall–Kier alpha value is -1.84.